The number of rotatable bonds is 4. The number of benzene rings is 2. The summed E-state index contributed by atoms with van der Waals surface area (Å²) in [4.78, 5) is 28.3. The fourth-order valence-electron chi connectivity index (χ4n) is 2.47. The number of aromatic nitrogens is 2. The third-order valence-electron chi connectivity index (χ3n) is 3.83. The average molecular weight is 389 g/mol. The summed E-state index contributed by atoms with van der Waals surface area (Å²) in [6.07, 6.45) is -3.30. The molecule has 3 rings (SSSR count). The van der Waals surface area contributed by atoms with Crippen LogP contribution in [0.4, 0.5) is 18.9 Å². The summed E-state index contributed by atoms with van der Waals surface area (Å²) in [5, 5.41) is 11.9. The molecule has 0 atom stereocenters. The van der Waals surface area contributed by atoms with Gasteiger partial charge in [-0.1, -0.05) is 18.2 Å². The van der Waals surface area contributed by atoms with Crippen molar-refractivity contribution in [2.24, 2.45) is 0 Å². The molecule has 0 aliphatic carbocycles. The lowest BCUT2D eigenvalue weighted by molar-refractivity contribution is -0.137. The summed E-state index contributed by atoms with van der Waals surface area (Å²) >= 11 is 0. The minimum atomic E-state index is -4.45. The van der Waals surface area contributed by atoms with Crippen LogP contribution in [0.3, 0.4) is 0 Å². The van der Waals surface area contributed by atoms with Crippen LogP contribution < -0.4 is 10.9 Å². The highest BCUT2D eigenvalue weighted by molar-refractivity contribution is 5.90. The predicted molar refractivity (Wildman–Crippen MR) is 95.7 cm³/mol. The van der Waals surface area contributed by atoms with E-state index in [1.54, 1.807) is 12.1 Å². The Bertz CT molecular complexity index is 1060. The van der Waals surface area contributed by atoms with Crippen LogP contribution in [0.15, 0.2) is 65.7 Å². The van der Waals surface area contributed by atoms with Gasteiger partial charge < -0.3 is 10.4 Å². The van der Waals surface area contributed by atoms with Gasteiger partial charge >= 0.3 is 6.18 Å². The van der Waals surface area contributed by atoms with Gasteiger partial charge in [0.2, 0.25) is 5.91 Å². The van der Waals surface area contributed by atoms with Crippen molar-refractivity contribution >= 4 is 11.6 Å². The summed E-state index contributed by atoms with van der Waals surface area (Å²) in [6, 6.07) is 11.3. The third kappa shape index (κ3) is 4.56. The van der Waals surface area contributed by atoms with Crippen LogP contribution in [0, 0.1) is 0 Å². The number of carbonyl (C=O) groups excluding carboxylic acids is 1. The average Bonchev–Trinajstić information content (AvgIpc) is 2.63. The van der Waals surface area contributed by atoms with Gasteiger partial charge in [0.15, 0.2) is 0 Å². The van der Waals surface area contributed by atoms with Crippen LogP contribution in [0.2, 0.25) is 0 Å². The zero-order chi connectivity index (χ0) is 20.3. The second-order valence-corrected chi connectivity index (χ2v) is 5.91. The number of alkyl halides is 3. The topological polar surface area (TPSA) is 84.2 Å². The number of halogens is 3. The molecule has 2 N–H and O–H groups in total. The zero-order valence-electron chi connectivity index (χ0n) is 14.3. The first kappa shape index (κ1) is 19.2. The SMILES string of the molecule is O=C(Cn1cnc(-c2ccc(C(F)(F)F)cc2)cc1=O)Nc1cccc(O)c1. The van der Waals surface area contributed by atoms with E-state index in [-0.39, 0.29) is 18.0 Å². The van der Waals surface area contributed by atoms with Crippen LogP contribution >= 0.6 is 0 Å². The first-order valence-electron chi connectivity index (χ1n) is 8.05. The number of aromatic hydroxyl groups is 1. The van der Waals surface area contributed by atoms with E-state index in [1.807, 2.05) is 0 Å². The Morgan fingerprint density at radius 3 is 2.43 bits per heavy atom. The van der Waals surface area contributed by atoms with Crippen LogP contribution in [-0.2, 0) is 17.5 Å². The molecule has 0 bridgehead atoms. The molecule has 9 heteroatoms. The Morgan fingerprint density at radius 1 is 1.11 bits per heavy atom. The van der Waals surface area contributed by atoms with Crippen molar-refractivity contribution < 1.29 is 23.1 Å². The van der Waals surface area contributed by atoms with Crippen molar-refractivity contribution in [2.75, 3.05) is 5.32 Å². The summed E-state index contributed by atoms with van der Waals surface area (Å²) in [5.41, 5.74) is -0.415. The molecule has 1 heterocycles. The Balaban J connectivity index is 1.73. The van der Waals surface area contributed by atoms with Gasteiger partial charge in [0.05, 0.1) is 17.6 Å². The molecule has 2 aromatic carbocycles. The lowest BCUT2D eigenvalue weighted by atomic mass is 10.1. The molecule has 0 radical (unpaired) electrons. The Hall–Kier alpha value is -3.62. The molecule has 0 spiro atoms. The van der Waals surface area contributed by atoms with Gasteiger partial charge in [0.25, 0.3) is 5.56 Å². The molecule has 1 amide bonds. The molecular weight excluding hydrogens is 375 g/mol. The first-order valence-corrected chi connectivity index (χ1v) is 8.05. The lowest BCUT2D eigenvalue weighted by Crippen LogP contribution is -2.27. The maximum atomic E-state index is 12.6. The number of nitrogens with one attached hydrogen (secondary N) is 1. The third-order valence-corrected chi connectivity index (χ3v) is 3.83. The fraction of sp³-hybridized carbons (Fsp3) is 0.105. The molecular formula is C19H14F3N3O3. The maximum absolute atomic E-state index is 12.6. The number of hydrogen-bond donors (Lipinski definition) is 2. The Kier molecular flexibility index (Phi) is 5.16. The molecule has 0 unspecified atom stereocenters. The molecule has 0 saturated heterocycles. The normalized spacial score (nSPS) is 11.2. The highest BCUT2D eigenvalue weighted by Crippen LogP contribution is 2.30. The van der Waals surface area contributed by atoms with Crippen molar-refractivity contribution in [1.82, 2.24) is 9.55 Å². The predicted octanol–water partition coefficient (Wildman–Crippen LogP) is 3.27. The number of amides is 1. The molecule has 6 nitrogen and oxygen atoms in total. The van der Waals surface area contributed by atoms with Gasteiger partial charge in [-0.15, -0.1) is 0 Å². The van der Waals surface area contributed by atoms with Crippen molar-refractivity contribution in [3.63, 3.8) is 0 Å². The number of nitrogens with zero attached hydrogens (tertiary/aromatic N) is 2. The highest BCUT2D eigenvalue weighted by atomic mass is 19.4. The van der Waals surface area contributed by atoms with E-state index in [1.165, 1.54) is 24.3 Å². The van der Waals surface area contributed by atoms with Crippen LogP contribution in [0.5, 0.6) is 5.75 Å². The van der Waals surface area contributed by atoms with Gasteiger partial charge in [-0.05, 0) is 24.3 Å². The maximum Gasteiger partial charge on any atom is 0.416 e. The Morgan fingerprint density at radius 2 is 1.82 bits per heavy atom. The van der Waals surface area contributed by atoms with E-state index in [9.17, 15) is 27.9 Å². The largest absolute Gasteiger partial charge is 0.508 e. The fourth-order valence-corrected chi connectivity index (χ4v) is 2.47. The molecule has 0 aliphatic rings. The van der Waals surface area contributed by atoms with Gasteiger partial charge in [-0.2, -0.15) is 13.2 Å². The first-order chi connectivity index (χ1) is 13.2. The minimum Gasteiger partial charge on any atom is -0.508 e. The van der Waals surface area contributed by atoms with E-state index in [2.05, 4.69) is 10.3 Å². The van der Waals surface area contributed by atoms with E-state index < -0.39 is 23.2 Å². The van der Waals surface area contributed by atoms with E-state index in [4.69, 9.17) is 0 Å². The number of phenols is 1. The molecule has 3 aromatic rings. The second-order valence-electron chi connectivity index (χ2n) is 5.91. The zero-order valence-corrected chi connectivity index (χ0v) is 14.3. The molecule has 144 valence electrons. The minimum absolute atomic E-state index is 0.0162. The highest BCUT2D eigenvalue weighted by Gasteiger charge is 2.30. The second kappa shape index (κ2) is 7.55. The summed E-state index contributed by atoms with van der Waals surface area (Å²) in [6.45, 7) is -0.311. The van der Waals surface area contributed by atoms with E-state index >= 15 is 0 Å². The van der Waals surface area contributed by atoms with Crippen molar-refractivity contribution in [2.45, 2.75) is 12.7 Å². The Labute approximate surface area is 156 Å². The van der Waals surface area contributed by atoms with Crippen LogP contribution in [-0.4, -0.2) is 20.6 Å². The van der Waals surface area contributed by atoms with E-state index in [0.717, 1.165) is 29.1 Å². The van der Waals surface area contributed by atoms with Gasteiger partial charge in [-0.3, -0.25) is 14.2 Å². The van der Waals surface area contributed by atoms with Crippen molar-refractivity contribution in [3.05, 3.63) is 76.8 Å². The van der Waals surface area contributed by atoms with Gasteiger partial charge in [-0.25, -0.2) is 4.98 Å². The van der Waals surface area contributed by atoms with Crippen LogP contribution in [0.1, 0.15) is 5.56 Å². The van der Waals surface area contributed by atoms with Crippen molar-refractivity contribution in [1.29, 1.82) is 0 Å². The standard InChI is InChI=1S/C19H14F3N3O3/c20-19(21,22)13-6-4-12(5-7-13)16-9-18(28)25(11-23-16)10-17(27)24-14-2-1-3-15(26)8-14/h1-9,11,26H,10H2,(H,24,27). The van der Waals surface area contributed by atoms with Gasteiger partial charge in [0, 0.05) is 23.4 Å². The van der Waals surface area contributed by atoms with Crippen molar-refractivity contribution in [3.8, 4) is 17.0 Å². The summed E-state index contributed by atoms with van der Waals surface area (Å²) < 4.78 is 38.9. The number of anilines is 1. The molecule has 0 aliphatic heterocycles. The number of hydrogen-bond acceptors (Lipinski definition) is 4. The lowest BCUT2D eigenvalue weighted by Gasteiger charge is -2.09. The summed E-state index contributed by atoms with van der Waals surface area (Å²) in [5.74, 6) is -0.519. The molecule has 1 aromatic heterocycles. The van der Waals surface area contributed by atoms with Crippen LogP contribution in [0.25, 0.3) is 11.3 Å². The van der Waals surface area contributed by atoms with Gasteiger partial charge in [0.1, 0.15) is 12.3 Å². The quantitative estimate of drug-likeness (QED) is 0.717. The molecule has 0 saturated carbocycles. The number of phenolic OH excluding ortho intramolecular Hbond substituents is 1. The smallest absolute Gasteiger partial charge is 0.416 e. The molecule has 0 fully saturated rings. The summed E-state index contributed by atoms with van der Waals surface area (Å²) in [7, 11) is 0. The monoisotopic (exact) mass is 389 g/mol. The number of carbonyl (C=O) groups is 1. The molecule has 28 heavy (non-hydrogen) atoms. The van der Waals surface area contributed by atoms with E-state index in [0.29, 0.717) is 11.3 Å².